The number of hydrogen-bond acceptors (Lipinski definition) is 10. The lowest BCUT2D eigenvalue weighted by molar-refractivity contribution is -0.140. The van der Waals surface area contributed by atoms with Gasteiger partial charge in [-0.15, -0.1) is 0 Å². The first-order valence-corrected chi connectivity index (χ1v) is 15.4. The lowest BCUT2D eigenvalue weighted by Crippen LogP contribution is -2.50. The van der Waals surface area contributed by atoms with Gasteiger partial charge in [-0.1, -0.05) is 13.8 Å². The molecule has 0 aromatic carbocycles. The van der Waals surface area contributed by atoms with E-state index in [0.717, 1.165) is 12.8 Å². The summed E-state index contributed by atoms with van der Waals surface area (Å²) < 4.78 is 26.1. The van der Waals surface area contributed by atoms with Crippen LogP contribution in [0.3, 0.4) is 0 Å². The molecule has 15 heteroatoms. The van der Waals surface area contributed by atoms with Crippen molar-refractivity contribution in [1.82, 2.24) is 20.4 Å². The van der Waals surface area contributed by atoms with Crippen LogP contribution in [0.2, 0.25) is 0 Å². The first-order chi connectivity index (χ1) is 20.5. The Morgan fingerprint density at radius 1 is 0.619 bits per heavy atom. The zero-order valence-electron chi connectivity index (χ0n) is 25.4. The first-order valence-electron chi connectivity index (χ1n) is 14.8. The van der Waals surface area contributed by atoms with Gasteiger partial charge in [-0.3, -0.25) is 19.2 Å². The molecule has 0 bridgehead atoms. The van der Waals surface area contributed by atoms with Crippen LogP contribution in [0.5, 0.6) is 0 Å². The fourth-order valence-corrected chi connectivity index (χ4v) is 3.72. The van der Waals surface area contributed by atoms with Crippen molar-refractivity contribution in [1.29, 1.82) is 0 Å². The fraction of sp³-hybridized carbons (Fsp3) is 0.852. The van der Waals surface area contributed by atoms with Gasteiger partial charge in [0.2, 0.25) is 23.6 Å². The molecular formula is C27H51BN4O9S. The molecule has 2 N–H and O–H groups in total. The highest BCUT2D eigenvalue weighted by molar-refractivity contribution is 7.81. The van der Waals surface area contributed by atoms with E-state index in [1.54, 1.807) is 9.80 Å². The lowest BCUT2D eigenvalue weighted by atomic mass is 10.2. The van der Waals surface area contributed by atoms with Crippen molar-refractivity contribution in [2.75, 3.05) is 104 Å². The van der Waals surface area contributed by atoms with Crippen molar-refractivity contribution in [3.8, 4) is 0 Å². The van der Waals surface area contributed by atoms with E-state index in [2.05, 4.69) is 27.9 Å². The Morgan fingerprint density at radius 2 is 1.10 bits per heavy atom. The average Bonchev–Trinajstić information content (AvgIpc) is 3.02. The van der Waals surface area contributed by atoms with Crippen molar-refractivity contribution < 1.29 is 42.8 Å². The molecule has 0 aromatic rings. The Bertz CT molecular complexity index is 717. The SMILES string of the molecule is CC.[B]OCCCCNC(=O)CCC(=O)N1CCN(C(=O)CCOCCOCCOCCOCCNC(=O)CS)CC1. The third-order valence-electron chi connectivity index (χ3n) is 5.85. The third-order valence-corrected chi connectivity index (χ3v) is 6.14. The van der Waals surface area contributed by atoms with Crippen LogP contribution in [0.25, 0.3) is 0 Å². The van der Waals surface area contributed by atoms with Crippen LogP contribution in [0.1, 0.15) is 46.0 Å². The number of piperazine rings is 1. The lowest BCUT2D eigenvalue weighted by Gasteiger charge is -2.35. The summed E-state index contributed by atoms with van der Waals surface area (Å²) in [6.45, 7) is 10.5. The number of rotatable bonds is 24. The molecule has 0 atom stereocenters. The van der Waals surface area contributed by atoms with Crippen LogP contribution in [-0.4, -0.2) is 146 Å². The number of nitrogens with zero attached hydrogens (tertiary/aromatic N) is 2. The molecule has 242 valence electrons. The normalized spacial score (nSPS) is 12.8. The summed E-state index contributed by atoms with van der Waals surface area (Å²) in [7, 11) is 4.95. The maximum absolute atomic E-state index is 12.4. The highest BCUT2D eigenvalue weighted by atomic mass is 32.1. The molecule has 4 amide bonds. The number of carbonyl (C=O) groups excluding carboxylic acids is 4. The molecule has 1 fully saturated rings. The summed E-state index contributed by atoms with van der Waals surface area (Å²) in [5.74, 6) is -0.201. The quantitative estimate of drug-likeness (QED) is 0.0771. The standard InChI is InChI=1S/C25H45BN4O9S.C2H6/c26-39-12-2-1-6-27-22(31)3-4-24(33)29-8-10-30(11-9-29)25(34)5-13-35-15-17-37-19-20-38-18-16-36-14-7-28-23(32)21-40;1-2/h40H,1-21H2,(H,27,31)(H,28,32);1-2H3. The molecule has 2 radical (unpaired) electrons. The summed E-state index contributed by atoms with van der Waals surface area (Å²) in [5.41, 5.74) is 0. The van der Waals surface area contributed by atoms with Gasteiger partial charge in [0, 0.05) is 58.7 Å². The zero-order chi connectivity index (χ0) is 31.3. The number of ether oxygens (including phenoxy) is 4. The van der Waals surface area contributed by atoms with E-state index in [1.165, 1.54) is 0 Å². The van der Waals surface area contributed by atoms with Crippen LogP contribution in [0.15, 0.2) is 0 Å². The van der Waals surface area contributed by atoms with Gasteiger partial charge < -0.3 is 44.0 Å². The van der Waals surface area contributed by atoms with Crippen LogP contribution in [0.4, 0.5) is 0 Å². The van der Waals surface area contributed by atoms with Crippen molar-refractivity contribution in [2.24, 2.45) is 0 Å². The number of nitrogens with one attached hydrogen (secondary N) is 2. The summed E-state index contributed by atoms with van der Waals surface area (Å²) in [5, 5.41) is 5.43. The predicted octanol–water partition coefficient (Wildman–Crippen LogP) is -0.0374. The van der Waals surface area contributed by atoms with Crippen molar-refractivity contribution in [3.05, 3.63) is 0 Å². The van der Waals surface area contributed by atoms with E-state index in [9.17, 15) is 19.2 Å². The van der Waals surface area contributed by atoms with Gasteiger partial charge in [0.05, 0.1) is 65.0 Å². The van der Waals surface area contributed by atoms with E-state index in [4.69, 9.17) is 27.0 Å². The average molecular weight is 619 g/mol. The summed E-state index contributed by atoms with van der Waals surface area (Å²) in [4.78, 5) is 51.1. The largest absolute Gasteiger partial charge is 0.448 e. The van der Waals surface area contributed by atoms with Gasteiger partial charge in [-0.05, 0) is 12.8 Å². The molecule has 0 aromatic heterocycles. The molecule has 0 aliphatic carbocycles. The Balaban J connectivity index is 0.00000821. The van der Waals surface area contributed by atoms with E-state index in [-0.39, 0.29) is 48.6 Å². The molecule has 42 heavy (non-hydrogen) atoms. The molecule has 1 aliphatic rings. The van der Waals surface area contributed by atoms with Crippen molar-refractivity contribution in [3.63, 3.8) is 0 Å². The highest BCUT2D eigenvalue weighted by Gasteiger charge is 2.24. The Hall–Kier alpha value is -1.91. The monoisotopic (exact) mass is 618 g/mol. The summed E-state index contributed by atoms with van der Waals surface area (Å²) in [6, 6.07) is 0. The van der Waals surface area contributed by atoms with Crippen LogP contribution in [-0.2, 0) is 42.8 Å². The number of unbranched alkanes of at least 4 members (excludes halogenated alkanes) is 1. The number of carbonyl (C=O) groups is 4. The van der Waals surface area contributed by atoms with E-state index in [0.29, 0.717) is 98.7 Å². The summed E-state index contributed by atoms with van der Waals surface area (Å²) in [6.07, 6.45) is 2.10. The van der Waals surface area contributed by atoms with E-state index >= 15 is 0 Å². The number of thiol groups is 1. The van der Waals surface area contributed by atoms with Gasteiger partial charge in [0.1, 0.15) is 0 Å². The third kappa shape index (κ3) is 22.7. The molecule has 13 nitrogen and oxygen atoms in total. The van der Waals surface area contributed by atoms with Crippen LogP contribution >= 0.6 is 12.6 Å². The molecule has 0 saturated carbocycles. The smallest absolute Gasteiger partial charge is 0.282 e. The molecule has 1 saturated heterocycles. The first kappa shape index (κ1) is 40.1. The molecule has 1 aliphatic heterocycles. The van der Waals surface area contributed by atoms with Crippen LogP contribution < -0.4 is 10.6 Å². The Labute approximate surface area is 257 Å². The van der Waals surface area contributed by atoms with E-state index < -0.39 is 0 Å². The van der Waals surface area contributed by atoms with Crippen molar-refractivity contribution in [2.45, 2.75) is 46.0 Å². The van der Waals surface area contributed by atoms with Gasteiger partial charge in [-0.2, -0.15) is 12.6 Å². The highest BCUT2D eigenvalue weighted by Crippen LogP contribution is 2.07. The minimum absolute atomic E-state index is 0.00728. The van der Waals surface area contributed by atoms with Gasteiger partial charge >= 0.3 is 0 Å². The van der Waals surface area contributed by atoms with Gasteiger partial charge in [0.15, 0.2) is 0 Å². The summed E-state index contributed by atoms with van der Waals surface area (Å²) >= 11 is 3.86. The molecule has 0 unspecified atom stereocenters. The Morgan fingerprint density at radius 3 is 1.62 bits per heavy atom. The van der Waals surface area contributed by atoms with Crippen molar-refractivity contribution >= 4 is 44.3 Å². The molecular weight excluding hydrogens is 567 g/mol. The fourth-order valence-electron chi connectivity index (χ4n) is 3.61. The minimum atomic E-state index is -0.152. The minimum Gasteiger partial charge on any atom is -0.448 e. The van der Waals surface area contributed by atoms with E-state index in [1.807, 2.05) is 13.8 Å². The molecule has 1 heterocycles. The zero-order valence-corrected chi connectivity index (χ0v) is 26.3. The van der Waals surface area contributed by atoms with Gasteiger partial charge in [0.25, 0.3) is 8.05 Å². The maximum atomic E-state index is 12.4. The maximum Gasteiger partial charge on any atom is 0.282 e. The molecule has 0 spiro atoms. The second kappa shape index (κ2) is 29.2. The second-order valence-electron chi connectivity index (χ2n) is 8.90. The molecule has 1 rings (SSSR count). The predicted molar refractivity (Wildman–Crippen MR) is 162 cm³/mol. The topological polar surface area (TPSA) is 145 Å². The van der Waals surface area contributed by atoms with Gasteiger partial charge in [-0.25, -0.2) is 0 Å². The van der Waals surface area contributed by atoms with Crippen LogP contribution in [0, 0.1) is 0 Å². The number of amides is 4. The number of hydrogen-bond donors (Lipinski definition) is 3. The Kier molecular flexibility index (Phi) is 27.9. The second-order valence-corrected chi connectivity index (χ2v) is 9.21.